The molecule has 0 unspecified atom stereocenters. The van der Waals surface area contributed by atoms with Gasteiger partial charge in [-0.1, -0.05) is 0 Å². The van der Waals surface area contributed by atoms with E-state index in [-0.39, 0.29) is 5.56 Å². The molecule has 0 amide bonds. The number of methoxy groups -OCH3 is 1. The number of aromatic nitrogens is 2. The lowest BCUT2D eigenvalue weighted by atomic mass is 10.3. The first-order valence-corrected chi connectivity index (χ1v) is 4.18. The van der Waals surface area contributed by atoms with Gasteiger partial charge in [0.05, 0.1) is 18.5 Å². The van der Waals surface area contributed by atoms with Crippen LogP contribution in [0.4, 0.5) is 0 Å². The number of hydrogen-bond donors (Lipinski definition) is 0. The van der Waals surface area contributed by atoms with Crippen LogP contribution in [0.3, 0.4) is 0 Å². The number of aryl methyl sites for hydroxylation is 1. The fourth-order valence-electron chi connectivity index (χ4n) is 1.14. The Bertz CT molecular complexity index is 344. The van der Waals surface area contributed by atoms with Crippen molar-refractivity contribution in [2.24, 2.45) is 0 Å². The summed E-state index contributed by atoms with van der Waals surface area (Å²) in [6.45, 7) is 4.91. The van der Waals surface area contributed by atoms with Crippen molar-refractivity contribution < 1.29 is 4.74 Å². The van der Waals surface area contributed by atoms with Crippen molar-refractivity contribution in [3.05, 3.63) is 27.9 Å². The molecule has 0 radical (unpaired) electrons. The molecule has 1 aromatic rings. The number of nitrogens with zero attached hydrogens (tertiary/aromatic N) is 2. The molecule has 1 rings (SSSR count). The van der Waals surface area contributed by atoms with Gasteiger partial charge in [0.2, 0.25) is 0 Å². The number of rotatable bonds is 3. The molecule has 0 bridgehead atoms. The maximum absolute atomic E-state index is 11.3. The van der Waals surface area contributed by atoms with E-state index in [9.17, 15) is 4.79 Å². The van der Waals surface area contributed by atoms with Gasteiger partial charge in [0, 0.05) is 19.3 Å². The Labute approximate surface area is 77.2 Å². The third kappa shape index (κ3) is 2.15. The minimum Gasteiger partial charge on any atom is -0.383 e. The molecule has 4 nitrogen and oxygen atoms in total. The summed E-state index contributed by atoms with van der Waals surface area (Å²) < 4.78 is 6.59. The fraction of sp³-hybridized carbons (Fsp3) is 0.556. The van der Waals surface area contributed by atoms with Crippen molar-refractivity contribution in [1.29, 1.82) is 0 Å². The summed E-state index contributed by atoms with van der Waals surface area (Å²) in [5, 5.41) is 0. The molecule has 0 aliphatic heterocycles. The lowest BCUT2D eigenvalue weighted by Gasteiger charge is -2.09. The van der Waals surface area contributed by atoms with Gasteiger partial charge in [0.1, 0.15) is 0 Å². The standard InChI is InChI=1S/C9H14N2O2/c1-7-8(2)11(4-5-13-3)9(12)6-10-7/h6H,4-5H2,1-3H3. The topological polar surface area (TPSA) is 44.1 Å². The first-order valence-electron chi connectivity index (χ1n) is 4.18. The summed E-state index contributed by atoms with van der Waals surface area (Å²) in [6.07, 6.45) is 1.35. The van der Waals surface area contributed by atoms with Crippen molar-refractivity contribution >= 4 is 0 Å². The Balaban J connectivity index is 3.03. The second-order valence-corrected chi connectivity index (χ2v) is 2.91. The molecule has 0 aliphatic rings. The van der Waals surface area contributed by atoms with Crippen LogP contribution >= 0.6 is 0 Å². The Morgan fingerprint density at radius 1 is 1.54 bits per heavy atom. The average molecular weight is 182 g/mol. The highest BCUT2D eigenvalue weighted by Crippen LogP contribution is 1.98. The van der Waals surface area contributed by atoms with Gasteiger partial charge in [0.15, 0.2) is 0 Å². The smallest absolute Gasteiger partial charge is 0.269 e. The zero-order chi connectivity index (χ0) is 9.84. The van der Waals surface area contributed by atoms with E-state index < -0.39 is 0 Å². The van der Waals surface area contributed by atoms with E-state index in [4.69, 9.17) is 4.74 Å². The zero-order valence-corrected chi connectivity index (χ0v) is 8.20. The summed E-state index contributed by atoms with van der Waals surface area (Å²) in [5.41, 5.74) is 1.72. The third-order valence-corrected chi connectivity index (χ3v) is 2.08. The van der Waals surface area contributed by atoms with Gasteiger partial charge in [-0.3, -0.25) is 9.78 Å². The van der Waals surface area contributed by atoms with Crippen LogP contribution in [0, 0.1) is 13.8 Å². The van der Waals surface area contributed by atoms with E-state index in [1.165, 1.54) is 6.20 Å². The molecule has 0 saturated heterocycles. The van der Waals surface area contributed by atoms with Crippen molar-refractivity contribution in [3.63, 3.8) is 0 Å². The second kappa shape index (κ2) is 4.18. The van der Waals surface area contributed by atoms with Crippen molar-refractivity contribution in [3.8, 4) is 0 Å². The van der Waals surface area contributed by atoms with Crippen LogP contribution in [0.15, 0.2) is 11.0 Å². The number of hydrogen-bond acceptors (Lipinski definition) is 3. The van der Waals surface area contributed by atoms with Crippen molar-refractivity contribution in [1.82, 2.24) is 9.55 Å². The van der Waals surface area contributed by atoms with Crippen LogP contribution in [-0.2, 0) is 11.3 Å². The molecule has 0 aliphatic carbocycles. The Morgan fingerprint density at radius 2 is 2.23 bits per heavy atom. The van der Waals surface area contributed by atoms with Crippen LogP contribution in [0.25, 0.3) is 0 Å². The Hall–Kier alpha value is -1.16. The van der Waals surface area contributed by atoms with Crippen LogP contribution in [0.1, 0.15) is 11.4 Å². The average Bonchev–Trinajstić information content (AvgIpc) is 2.12. The summed E-state index contributed by atoms with van der Waals surface area (Å²) in [6, 6.07) is 0. The molecule has 0 N–H and O–H groups in total. The van der Waals surface area contributed by atoms with E-state index in [1.54, 1.807) is 11.7 Å². The predicted octanol–water partition coefficient (Wildman–Crippen LogP) is 0.507. The lowest BCUT2D eigenvalue weighted by Crippen LogP contribution is -2.25. The molecular weight excluding hydrogens is 168 g/mol. The highest BCUT2D eigenvalue weighted by Gasteiger charge is 2.02. The maximum atomic E-state index is 11.3. The van der Waals surface area contributed by atoms with Crippen LogP contribution in [-0.4, -0.2) is 23.3 Å². The molecule has 0 aromatic carbocycles. The van der Waals surface area contributed by atoms with E-state index >= 15 is 0 Å². The van der Waals surface area contributed by atoms with Gasteiger partial charge in [-0.25, -0.2) is 0 Å². The van der Waals surface area contributed by atoms with Gasteiger partial charge in [-0.2, -0.15) is 0 Å². The normalized spacial score (nSPS) is 10.4. The summed E-state index contributed by atoms with van der Waals surface area (Å²) in [5.74, 6) is 0. The highest BCUT2D eigenvalue weighted by atomic mass is 16.5. The molecule has 1 aromatic heterocycles. The van der Waals surface area contributed by atoms with E-state index in [0.29, 0.717) is 13.2 Å². The molecule has 72 valence electrons. The lowest BCUT2D eigenvalue weighted by molar-refractivity contribution is 0.185. The fourth-order valence-corrected chi connectivity index (χ4v) is 1.14. The minimum atomic E-state index is -0.0693. The molecule has 4 heteroatoms. The van der Waals surface area contributed by atoms with Crippen molar-refractivity contribution in [2.75, 3.05) is 13.7 Å². The van der Waals surface area contributed by atoms with Gasteiger partial charge in [-0.05, 0) is 13.8 Å². The van der Waals surface area contributed by atoms with Gasteiger partial charge >= 0.3 is 0 Å². The third-order valence-electron chi connectivity index (χ3n) is 2.08. The zero-order valence-electron chi connectivity index (χ0n) is 8.20. The van der Waals surface area contributed by atoms with Gasteiger partial charge in [0.25, 0.3) is 5.56 Å². The number of ether oxygens (including phenoxy) is 1. The Kier molecular flexibility index (Phi) is 3.19. The largest absolute Gasteiger partial charge is 0.383 e. The molecule has 13 heavy (non-hydrogen) atoms. The van der Waals surface area contributed by atoms with E-state index in [1.807, 2.05) is 13.8 Å². The van der Waals surface area contributed by atoms with Gasteiger partial charge < -0.3 is 9.30 Å². The minimum absolute atomic E-state index is 0.0693. The predicted molar refractivity (Wildman–Crippen MR) is 49.8 cm³/mol. The quantitative estimate of drug-likeness (QED) is 0.684. The SMILES string of the molecule is COCCn1c(C)c(C)ncc1=O. The summed E-state index contributed by atoms with van der Waals surface area (Å²) in [4.78, 5) is 15.3. The van der Waals surface area contributed by atoms with Crippen LogP contribution in [0.5, 0.6) is 0 Å². The Morgan fingerprint density at radius 3 is 2.85 bits per heavy atom. The molecule has 1 heterocycles. The first-order chi connectivity index (χ1) is 6.16. The second-order valence-electron chi connectivity index (χ2n) is 2.91. The molecule has 0 spiro atoms. The van der Waals surface area contributed by atoms with Crippen LogP contribution in [0.2, 0.25) is 0 Å². The van der Waals surface area contributed by atoms with E-state index in [2.05, 4.69) is 4.98 Å². The van der Waals surface area contributed by atoms with Crippen molar-refractivity contribution in [2.45, 2.75) is 20.4 Å². The molecule has 0 saturated carbocycles. The van der Waals surface area contributed by atoms with E-state index in [0.717, 1.165) is 11.4 Å². The highest BCUT2D eigenvalue weighted by molar-refractivity contribution is 5.08. The molecule has 0 atom stereocenters. The monoisotopic (exact) mass is 182 g/mol. The molecule has 0 fully saturated rings. The van der Waals surface area contributed by atoms with Crippen LogP contribution < -0.4 is 5.56 Å². The maximum Gasteiger partial charge on any atom is 0.269 e. The van der Waals surface area contributed by atoms with Gasteiger partial charge in [-0.15, -0.1) is 0 Å². The molecular formula is C9H14N2O2. The summed E-state index contributed by atoms with van der Waals surface area (Å²) >= 11 is 0. The summed E-state index contributed by atoms with van der Waals surface area (Å²) in [7, 11) is 1.62. The first kappa shape index (κ1) is 9.92.